The van der Waals surface area contributed by atoms with E-state index in [1.165, 1.54) is 0 Å². The number of benzene rings is 1. The molecule has 2 fully saturated rings. The van der Waals surface area contributed by atoms with Crippen LogP contribution in [0.5, 0.6) is 11.5 Å². The molecule has 8 heteroatoms. The molecule has 4 aliphatic rings. The lowest BCUT2D eigenvalue weighted by molar-refractivity contribution is -0.184. The van der Waals surface area contributed by atoms with E-state index < -0.39 is 22.7 Å². The van der Waals surface area contributed by atoms with Crippen LogP contribution in [0.1, 0.15) is 11.5 Å². The Morgan fingerprint density at radius 3 is 2.58 bits per heavy atom. The van der Waals surface area contributed by atoms with E-state index in [-0.39, 0.29) is 12.6 Å². The normalized spacial score (nSPS) is 36.8. The van der Waals surface area contributed by atoms with Crippen LogP contribution >= 0.6 is 0 Å². The van der Waals surface area contributed by atoms with Crippen molar-refractivity contribution in [3.05, 3.63) is 23.8 Å². The molecule has 1 saturated carbocycles. The molecule has 3 aliphatic heterocycles. The maximum absolute atomic E-state index is 9.99. The van der Waals surface area contributed by atoms with E-state index in [1.54, 1.807) is 12.1 Å². The van der Waals surface area contributed by atoms with Crippen LogP contribution in [0, 0.1) is 33.5 Å². The highest BCUT2D eigenvalue weighted by atomic mass is 16.8. The summed E-state index contributed by atoms with van der Waals surface area (Å²) in [5.41, 5.74) is 4.26. The third-order valence-electron chi connectivity index (χ3n) is 5.34. The topological polar surface area (TPSA) is 123 Å². The molecule has 5 rings (SSSR count). The van der Waals surface area contributed by atoms with Gasteiger partial charge < -0.3 is 24.7 Å². The van der Waals surface area contributed by atoms with Gasteiger partial charge in [0.2, 0.25) is 6.79 Å². The van der Waals surface area contributed by atoms with E-state index in [4.69, 9.17) is 24.7 Å². The number of nitrogens with two attached hydrogens (primary N) is 1. The molecule has 1 spiro atoms. The summed E-state index contributed by atoms with van der Waals surface area (Å²) in [7, 11) is 0. The lowest BCUT2D eigenvalue weighted by atomic mass is 9.94. The van der Waals surface area contributed by atoms with Crippen molar-refractivity contribution in [3.8, 4) is 23.6 Å². The first kappa shape index (κ1) is 13.6. The fraction of sp³-hybridized carbons (Fsp3) is 0.438. The number of ether oxygens (including phenoxy) is 4. The predicted molar refractivity (Wildman–Crippen MR) is 77.7 cm³/mol. The molecule has 1 aliphatic carbocycles. The van der Waals surface area contributed by atoms with Gasteiger partial charge in [-0.1, -0.05) is 6.07 Å². The van der Waals surface area contributed by atoms with E-state index in [0.717, 1.165) is 5.56 Å². The number of fused-ring (bicyclic) bond motifs is 3. The fourth-order valence-corrected chi connectivity index (χ4v) is 4.31. The molecule has 3 atom stereocenters. The predicted octanol–water partition coefficient (Wildman–Crippen LogP) is 0.604. The Morgan fingerprint density at radius 2 is 1.88 bits per heavy atom. The molecule has 0 bridgehead atoms. The van der Waals surface area contributed by atoms with Crippen molar-refractivity contribution in [1.82, 2.24) is 0 Å². The molecule has 0 unspecified atom stereocenters. The van der Waals surface area contributed by atoms with Gasteiger partial charge in [0.25, 0.3) is 5.91 Å². The van der Waals surface area contributed by atoms with Gasteiger partial charge in [0.1, 0.15) is 11.3 Å². The van der Waals surface area contributed by atoms with Gasteiger partial charge >= 0.3 is 0 Å². The Bertz CT molecular complexity index is 879. The van der Waals surface area contributed by atoms with Gasteiger partial charge in [-0.25, -0.2) is 4.99 Å². The quantitative estimate of drug-likeness (QED) is 0.802. The number of rotatable bonds is 1. The van der Waals surface area contributed by atoms with Crippen LogP contribution in [0.2, 0.25) is 0 Å². The van der Waals surface area contributed by atoms with Gasteiger partial charge in [0, 0.05) is 5.92 Å². The van der Waals surface area contributed by atoms with Gasteiger partial charge in [-0.05, 0) is 17.7 Å². The summed E-state index contributed by atoms with van der Waals surface area (Å²) in [6.45, 7) is 0.751. The van der Waals surface area contributed by atoms with Gasteiger partial charge in [0.15, 0.2) is 16.9 Å². The second-order valence-corrected chi connectivity index (χ2v) is 6.16. The fourth-order valence-electron chi connectivity index (χ4n) is 4.31. The molecular formula is C16H12N4O4. The van der Waals surface area contributed by atoms with Gasteiger partial charge in [-0.2, -0.15) is 10.5 Å². The lowest BCUT2D eigenvalue weighted by Crippen LogP contribution is -2.38. The third-order valence-corrected chi connectivity index (χ3v) is 5.34. The van der Waals surface area contributed by atoms with Crippen LogP contribution in [-0.4, -0.2) is 31.8 Å². The summed E-state index contributed by atoms with van der Waals surface area (Å²) in [6.07, 6.45) is 0. The summed E-state index contributed by atoms with van der Waals surface area (Å²) >= 11 is 0. The second-order valence-electron chi connectivity index (χ2n) is 6.16. The van der Waals surface area contributed by atoms with Crippen molar-refractivity contribution in [2.45, 2.75) is 11.8 Å². The molecule has 24 heavy (non-hydrogen) atoms. The first-order valence-electron chi connectivity index (χ1n) is 7.51. The number of aliphatic imine (C=N–C) groups is 1. The van der Waals surface area contributed by atoms with Crippen molar-refractivity contribution < 1.29 is 18.9 Å². The van der Waals surface area contributed by atoms with Crippen LogP contribution < -0.4 is 15.2 Å². The zero-order valence-corrected chi connectivity index (χ0v) is 12.5. The minimum atomic E-state index is -1.51. The van der Waals surface area contributed by atoms with E-state index in [0.29, 0.717) is 24.7 Å². The highest BCUT2D eigenvalue weighted by molar-refractivity contribution is 6.00. The molecule has 2 N–H and O–H groups in total. The number of nitrogens with zero attached hydrogens (tertiary/aromatic N) is 3. The number of nitriles is 2. The second kappa shape index (κ2) is 3.99. The van der Waals surface area contributed by atoms with E-state index in [2.05, 4.69) is 17.1 Å². The van der Waals surface area contributed by atoms with Crippen molar-refractivity contribution in [3.63, 3.8) is 0 Å². The summed E-state index contributed by atoms with van der Waals surface area (Å²) in [5.74, 6) is -0.730. The molecule has 1 aromatic carbocycles. The van der Waals surface area contributed by atoms with Crippen LogP contribution in [0.15, 0.2) is 23.2 Å². The molecule has 8 nitrogen and oxygen atoms in total. The zero-order valence-electron chi connectivity index (χ0n) is 12.5. The first-order valence-corrected chi connectivity index (χ1v) is 7.51. The highest BCUT2D eigenvalue weighted by Gasteiger charge is 2.94. The van der Waals surface area contributed by atoms with Crippen LogP contribution in [0.4, 0.5) is 0 Å². The minimum Gasteiger partial charge on any atom is -0.454 e. The molecule has 0 amide bonds. The smallest absolute Gasteiger partial charge is 0.293 e. The number of hydrogen-bond acceptors (Lipinski definition) is 8. The Morgan fingerprint density at radius 1 is 1.12 bits per heavy atom. The Kier molecular flexibility index (Phi) is 2.26. The summed E-state index contributed by atoms with van der Waals surface area (Å²) in [6, 6.07) is 9.81. The van der Waals surface area contributed by atoms with Crippen LogP contribution in [0.25, 0.3) is 0 Å². The van der Waals surface area contributed by atoms with E-state index >= 15 is 0 Å². The summed E-state index contributed by atoms with van der Waals surface area (Å²) < 4.78 is 22.1. The van der Waals surface area contributed by atoms with Gasteiger partial charge in [-0.3, -0.25) is 0 Å². The molecule has 0 radical (unpaired) electrons. The summed E-state index contributed by atoms with van der Waals surface area (Å²) in [5, 5.41) is 19.9. The molecular weight excluding hydrogens is 312 g/mol. The Balaban J connectivity index is 1.70. The van der Waals surface area contributed by atoms with Crippen molar-refractivity contribution in [2.24, 2.45) is 21.6 Å². The average Bonchev–Trinajstić information content (AvgIpc) is 2.99. The Labute approximate surface area is 137 Å². The maximum Gasteiger partial charge on any atom is 0.293 e. The van der Waals surface area contributed by atoms with Gasteiger partial charge in [0.05, 0.1) is 25.4 Å². The SMILES string of the molecule is N#C[C@@]12C(N)=NC3(OCCO3)[C@]1(C#N)[C@@H]2c1ccc2c(c1)OCO2. The van der Waals surface area contributed by atoms with Crippen LogP contribution in [-0.2, 0) is 9.47 Å². The monoisotopic (exact) mass is 324 g/mol. The third kappa shape index (κ3) is 1.15. The van der Waals surface area contributed by atoms with E-state index in [1.807, 2.05) is 6.07 Å². The van der Waals surface area contributed by atoms with E-state index in [9.17, 15) is 10.5 Å². The molecule has 1 saturated heterocycles. The number of amidine groups is 1. The lowest BCUT2D eigenvalue weighted by Gasteiger charge is -2.25. The zero-order chi connectivity index (χ0) is 16.6. The molecule has 0 aromatic heterocycles. The van der Waals surface area contributed by atoms with Crippen molar-refractivity contribution in [1.29, 1.82) is 10.5 Å². The molecule has 3 heterocycles. The van der Waals surface area contributed by atoms with Crippen LogP contribution in [0.3, 0.4) is 0 Å². The van der Waals surface area contributed by atoms with Gasteiger partial charge in [-0.15, -0.1) is 0 Å². The standard InChI is InChI=1S/C16H12N4O4/c17-6-14-12(9-1-2-10-11(5-9)22-8-21-10)15(14,7-18)16(20-13(14)19)23-3-4-24-16/h1-2,5,12H,3-4,8H2,(H2,19,20)/t12-,14-,15-/m1/s1. The number of hydrogen-bond donors (Lipinski definition) is 1. The summed E-state index contributed by atoms with van der Waals surface area (Å²) in [4.78, 5) is 4.23. The van der Waals surface area contributed by atoms with Crippen molar-refractivity contribution >= 4 is 5.84 Å². The Hall–Kier alpha value is -2.81. The first-order chi connectivity index (χ1) is 11.6. The molecule has 1 aromatic rings. The largest absolute Gasteiger partial charge is 0.454 e. The molecule has 120 valence electrons. The minimum absolute atomic E-state index is 0.0797. The highest BCUT2D eigenvalue weighted by Crippen LogP contribution is 2.82. The van der Waals surface area contributed by atoms with Crippen molar-refractivity contribution in [2.75, 3.05) is 20.0 Å². The maximum atomic E-state index is 9.99. The average molecular weight is 324 g/mol.